The number of H-pyrrole nitrogens is 1. The number of guanidine groups is 2. The molecule has 106 heavy (non-hydrogen) atoms. The molecule has 0 saturated heterocycles. The number of aliphatic hydroxyl groups excluding tert-OH is 1. The zero-order valence-corrected chi connectivity index (χ0v) is 60.0. The van der Waals surface area contributed by atoms with Gasteiger partial charge in [0.15, 0.2) is 11.9 Å². The minimum Gasteiger partial charge on any atom is -0.508 e. The van der Waals surface area contributed by atoms with E-state index >= 15 is 0 Å². The lowest BCUT2D eigenvalue weighted by Gasteiger charge is -2.29. The molecule has 3 aromatic carbocycles. The number of aliphatic carboxylic acids is 2. The Hall–Kier alpha value is -11.3. The second-order valence-electron chi connectivity index (χ2n) is 26.0. The number of unbranched alkanes of at least 4 members (excludes halogenated alkanes) is 1. The summed E-state index contributed by atoms with van der Waals surface area (Å²) < 4.78 is 0. The average Bonchev–Trinajstić information content (AvgIpc) is 0.910. The number of imidazole rings is 1. The van der Waals surface area contributed by atoms with Crippen molar-refractivity contribution in [2.75, 3.05) is 26.2 Å². The van der Waals surface area contributed by atoms with E-state index in [1.807, 2.05) is 0 Å². The number of benzene rings is 3. The summed E-state index contributed by atoms with van der Waals surface area (Å²) in [5.41, 5.74) is 36.0. The van der Waals surface area contributed by atoms with Crippen molar-refractivity contribution in [2.45, 2.75) is 184 Å². The number of rotatable bonds is 48. The fourth-order valence-electron chi connectivity index (χ4n) is 10.9. The number of nitrogens with two attached hydrogens (primary N) is 6. The molecule has 4 aromatic rings. The number of nitrogens with one attached hydrogen (secondary N) is 11. The Bertz CT molecular complexity index is 3560. The average molecular weight is 1480 g/mol. The molecule has 36 nitrogen and oxygen atoms in total. The third-order valence-corrected chi connectivity index (χ3v) is 16.9. The summed E-state index contributed by atoms with van der Waals surface area (Å²) in [6.45, 7) is 5.99. The molecule has 1 aromatic heterocycles. The number of aliphatic imine (C=N–C) groups is 2. The molecular formula is C70H104N20O16. The van der Waals surface area contributed by atoms with Crippen molar-refractivity contribution in [3.8, 4) is 5.75 Å². The normalized spacial score (nSPS) is 14.5. The Kier molecular flexibility index (Phi) is 37.6. The molecule has 12 atom stereocenters. The molecule has 0 aliphatic rings. The predicted octanol–water partition coefficient (Wildman–Crippen LogP) is -3.56. The number of carbonyl (C=O) groups is 12. The van der Waals surface area contributed by atoms with E-state index in [9.17, 15) is 78.0 Å². The van der Waals surface area contributed by atoms with Gasteiger partial charge in [-0.1, -0.05) is 107 Å². The van der Waals surface area contributed by atoms with Gasteiger partial charge in [0.05, 0.1) is 25.4 Å². The fourth-order valence-corrected chi connectivity index (χ4v) is 10.9. The number of phenolic OH excluding ortho intramolecular Hbond substituents is 1. The maximum atomic E-state index is 14.8. The van der Waals surface area contributed by atoms with Gasteiger partial charge >= 0.3 is 11.9 Å². The Morgan fingerprint density at radius 2 is 0.877 bits per heavy atom. The Labute approximate surface area is 613 Å². The van der Waals surface area contributed by atoms with Gasteiger partial charge in [0, 0.05) is 50.7 Å². The summed E-state index contributed by atoms with van der Waals surface area (Å²) in [5.74, 6) is -13.7. The number of carbonyl (C=O) groups excluding carboxylic acids is 10. The minimum absolute atomic E-state index is 0.0138. The third kappa shape index (κ3) is 31.8. The van der Waals surface area contributed by atoms with Gasteiger partial charge in [-0.3, -0.25) is 62.7 Å². The number of amides is 10. The second-order valence-corrected chi connectivity index (χ2v) is 26.0. The molecule has 0 radical (unpaired) electrons. The van der Waals surface area contributed by atoms with Crippen LogP contribution in [0.3, 0.4) is 0 Å². The van der Waals surface area contributed by atoms with Crippen LogP contribution in [0.2, 0.25) is 0 Å². The van der Waals surface area contributed by atoms with Crippen molar-refractivity contribution in [3.63, 3.8) is 0 Å². The monoisotopic (exact) mass is 1480 g/mol. The van der Waals surface area contributed by atoms with Crippen LogP contribution >= 0.6 is 0 Å². The SMILES string of the molecule is CC[C@H](C)[C@H](NC(=O)[C@H](CC(C)C)NC(=O)[C@H](CCCN=C(N)N)NC(=O)[C@H](CCCN=C(N)N)NC(=O)[C@H](CCCCN)NC(=O)[C@H](CO)NC(=O)[C@H](Cc1cnc[nH]1)NC(=O)[C@H](Cc1ccc(O)cc1)NC(=O)[C@H](Cc1ccccc1)NC(=O)[C@@H](N)CC(=O)O)C(=O)N[C@@H](Cc1ccccc1)C(=O)O. The van der Waals surface area contributed by atoms with Crippen molar-refractivity contribution < 1.29 is 78.0 Å². The molecule has 4 rings (SSSR count). The first-order valence-corrected chi connectivity index (χ1v) is 34.9. The van der Waals surface area contributed by atoms with Crippen LogP contribution < -0.4 is 87.6 Å². The molecule has 1 heterocycles. The largest absolute Gasteiger partial charge is 0.508 e. The third-order valence-electron chi connectivity index (χ3n) is 16.9. The summed E-state index contributed by atoms with van der Waals surface area (Å²) in [4.78, 5) is 182. The Morgan fingerprint density at radius 3 is 1.30 bits per heavy atom. The lowest BCUT2D eigenvalue weighted by Crippen LogP contribution is -2.61. The van der Waals surface area contributed by atoms with Gasteiger partial charge in [-0.15, -0.1) is 0 Å². The number of carboxylic acid groups (broad SMARTS) is 2. The highest BCUT2D eigenvalue weighted by Gasteiger charge is 2.38. The predicted molar refractivity (Wildman–Crippen MR) is 390 cm³/mol. The van der Waals surface area contributed by atoms with Gasteiger partial charge in [0.1, 0.15) is 66.2 Å². The number of aromatic hydroxyl groups is 1. The van der Waals surface area contributed by atoms with Crippen molar-refractivity contribution in [2.24, 2.45) is 56.2 Å². The van der Waals surface area contributed by atoms with Crippen LogP contribution in [0.1, 0.15) is 114 Å². The first-order valence-electron chi connectivity index (χ1n) is 34.9. The van der Waals surface area contributed by atoms with Gasteiger partial charge in [-0.25, -0.2) is 9.78 Å². The molecule has 0 fully saturated rings. The van der Waals surface area contributed by atoms with E-state index in [1.165, 1.54) is 36.8 Å². The van der Waals surface area contributed by atoms with Gasteiger partial charge in [0.2, 0.25) is 59.1 Å². The smallest absolute Gasteiger partial charge is 0.326 e. The number of phenols is 1. The summed E-state index contributed by atoms with van der Waals surface area (Å²) in [5, 5.41) is 66.3. The van der Waals surface area contributed by atoms with Gasteiger partial charge in [-0.05, 0) is 98.6 Å². The van der Waals surface area contributed by atoms with E-state index in [2.05, 4.69) is 73.1 Å². The number of hydrogen-bond acceptors (Lipinski definition) is 19. The molecular weight excluding hydrogens is 1380 g/mol. The van der Waals surface area contributed by atoms with Crippen LogP contribution in [0.25, 0.3) is 0 Å². The van der Waals surface area contributed by atoms with E-state index in [0.29, 0.717) is 29.5 Å². The Morgan fingerprint density at radius 1 is 0.481 bits per heavy atom. The number of nitrogens with zero attached hydrogens (tertiary/aromatic N) is 3. The zero-order chi connectivity index (χ0) is 78.4. The molecule has 0 bridgehead atoms. The fraction of sp³-hybridized carbons (Fsp3) is 0.500. The zero-order valence-electron chi connectivity index (χ0n) is 60.0. The van der Waals surface area contributed by atoms with Crippen molar-refractivity contribution >= 4 is 82.9 Å². The van der Waals surface area contributed by atoms with Crippen LogP contribution in [-0.4, -0.2) is 206 Å². The van der Waals surface area contributed by atoms with E-state index in [-0.39, 0.29) is 120 Å². The highest BCUT2D eigenvalue weighted by molar-refractivity contribution is 5.99. The maximum absolute atomic E-state index is 14.8. The van der Waals surface area contributed by atoms with Crippen LogP contribution in [-0.2, 0) is 83.2 Å². The maximum Gasteiger partial charge on any atom is 0.326 e. The van der Waals surface area contributed by atoms with Crippen LogP contribution in [0.15, 0.2) is 107 Å². The first kappa shape index (κ1) is 87.1. The van der Waals surface area contributed by atoms with E-state index < -0.39 is 156 Å². The van der Waals surface area contributed by atoms with Gasteiger partial charge in [0.25, 0.3) is 0 Å². The lowest BCUT2D eigenvalue weighted by molar-refractivity contribution is -0.142. The lowest BCUT2D eigenvalue weighted by atomic mass is 9.96. The summed E-state index contributed by atoms with van der Waals surface area (Å²) in [7, 11) is 0. The van der Waals surface area contributed by atoms with Gasteiger partial charge in [-0.2, -0.15) is 0 Å². The number of aliphatic hydroxyl groups is 1. The minimum atomic E-state index is -1.85. The quantitative estimate of drug-likeness (QED) is 0.0116. The summed E-state index contributed by atoms with van der Waals surface area (Å²) in [6, 6.07) is 5.98. The number of aromatic nitrogens is 2. The molecule has 36 heteroatoms. The first-order chi connectivity index (χ1) is 50.4. The highest BCUT2D eigenvalue weighted by Crippen LogP contribution is 2.17. The van der Waals surface area contributed by atoms with E-state index in [0.717, 1.165) is 0 Å². The molecule has 0 aliphatic carbocycles. The molecule has 0 aliphatic heterocycles. The van der Waals surface area contributed by atoms with Crippen LogP contribution in [0.4, 0.5) is 0 Å². The molecule has 0 saturated carbocycles. The molecule has 27 N–H and O–H groups in total. The molecule has 580 valence electrons. The highest BCUT2D eigenvalue weighted by atomic mass is 16.4. The van der Waals surface area contributed by atoms with Crippen LogP contribution in [0.5, 0.6) is 5.75 Å². The molecule has 0 unspecified atom stereocenters. The van der Waals surface area contributed by atoms with Gasteiger partial charge < -0.3 is 113 Å². The Balaban J connectivity index is 1.65. The topological polar surface area (TPSA) is 616 Å². The van der Waals surface area contributed by atoms with E-state index in [1.54, 1.807) is 88.4 Å². The molecule has 10 amide bonds. The summed E-state index contributed by atoms with van der Waals surface area (Å²) >= 11 is 0. The van der Waals surface area contributed by atoms with Crippen molar-refractivity contribution in [1.82, 2.24) is 63.1 Å². The van der Waals surface area contributed by atoms with Crippen LogP contribution in [0, 0.1) is 11.8 Å². The number of hydrogen-bond donors (Lipinski definition) is 21. The molecule has 0 spiro atoms. The van der Waals surface area contributed by atoms with Crippen molar-refractivity contribution in [1.29, 1.82) is 0 Å². The second kappa shape index (κ2) is 45.7. The van der Waals surface area contributed by atoms with Crippen molar-refractivity contribution in [3.05, 3.63) is 120 Å². The number of carboxylic acids is 2. The number of aromatic amines is 1. The summed E-state index contributed by atoms with van der Waals surface area (Å²) in [6.07, 6.45) is 1.52. The van der Waals surface area contributed by atoms with E-state index in [4.69, 9.17) is 34.4 Å². The standard InChI is InChI=1S/C70H104N20O16/c1-5-40(4)57(67(104)88-54(68(105)106)33-42-18-10-7-11-19-42)90-65(102)50(30-39(2)3)85-61(98)49(22-15-29-79-70(75)76)82-60(97)48(21-14-28-78-69(73)74)81-59(96)47(20-12-13-27-71)83-66(103)55(37-91)89-64(101)53(34-44-36-77-38-80-44)87-63(100)52(32-43-23-25-45(92)26-24-43)86-62(99)51(31-41-16-8-6-9-17-41)84-58(95)46(72)35-56(93)94/h6-11,16-19,23-26,36,38-40,46-55,57,91-92H,5,12-15,20-22,27-35,37,71-72H2,1-4H3,(H,77,80)(H,81,96)(H,82,97)(H,83,103)(H,84,95)(H,85,98)(H,86,99)(H,87,100)(H,88,104)(H,89,101)(H,90,102)(H,93,94)(H,105,106)(H4,73,74,78)(H4,75,76,79)/t40-,46-,47-,48-,49-,50-,51-,52-,53-,54-,55-,57-/m0/s1.